The highest BCUT2D eigenvalue weighted by atomic mass is 16.5. The van der Waals surface area contributed by atoms with E-state index in [-0.39, 0.29) is 18.4 Å². The highest BCUT2D eigenvalue weighted by Crippen LogP contribution is 2.05. The zero-order valence-corrected chi connectivity index (χ0v) is 9.36. The van der Waals surface area contributed by atoms with E-state index in [0.717, 1.165) is 19.4 Å². The van der Waals surface area contributed by atoms with Crippen LogP contribution in [0.2, 0.25) is 0 Å². The van der Waals surface area contributed by atoms with Gasteiger partial charge in [-0.25, -0.2) is 4.79 Å². The van der Waals surface area contributed by atoms with Crippen LogP contribution in [0.3, 0.4) is 0 Å². The lowest BCUT2D eigenvalue weighted by Gasteiger charge is -2.17. The zero-order valence-electron chi connectivity index (χ0n) is 9.36. The van der Waals surface area contributed by atoms with Crippen LogP contribution in [0, 0.1) is 0 Å². The highest BCUT2D eigenvalue weighted by Gasteiger charge is 2.26. The van der Waals surface area contributed by atoms with Crippen LogP contribution < -0.4 is 10.6 Å². The minimum Gasteiger partial charge on any atom is -0.480 e. The first-order valence-corrected chi connectivity index (χ1v) is 5.40. The van der Waals surface area contributed by atoms with Gasteiger partial charge < -0.3 is 20.5 Å². The van der Waals surface area contributed by atoms with Gasteiger partial charge in [0.2, 0.25) is 5.91 Å². The quantitative estimate of drug-likeness (QED) is 0.564. The molecule has 1 rings (SSSR count). The fourth-order valence-corrected chi connectivity index (χ4v) is 1.67. The smallest absolute Gasteiger partial charge is 0.326 e. The minimum absolute atomic E-state index is 0.235. The first kappa shape index (κ1) is 12.9. The van der Waals surface area contributed by atoms with Crippen molar-refractivity contribution >= 4 is 11.9 Å². The molecule has 0 aromatic carbocycles. The van der Waals surface area contributed by atoms with Gasteiger partial charge in [-0.1, -0.05) is 0 Å². The van der Waals surface area contributed by atoms with Crippen molar-refractivity contribution < 1.29 is 19.4 Å². The number of aliphatic carboxylic acids is 1. The van der Waals surface area contributed by atoms with Gasteiger partial charge in [0, 0.05) is 20.1 Å². The summed E-state index contributed by atoms with van der Waals surface area (Å²) in [6.45, 7) is 1.13. The third kappa shape index (κ3) is 3.79. The standard InChI is InChI=1S/C10H18N2O4/c1-16-6-4-8(10(14)15)12-9(13)7-3-2-5-11-7/h7-8,11H,2-6H2,1H3,(H,12,13)(H,14,15). The third-order valence-corrected chi connectivity index (χ3v) is 2.60. The van der Waals surface area contributed by atoms with Gasteiger partial charge in [-0.05, 0) is 19.4 Å². The Kier molecular flexibility index (Phi) is 5.21. The van der Waals surface area contributed by atoms with Crippen molar-refractivity contribution in [3.63, 3.8) is 0 Å². The number of rotatable bonds is 6. The number of hydrogen-bond donors (Lipinski definition) is 3. The number of carbonyl (C=O) groups excluding carboxylic acids is 1. The Balaban J connectivity index is 2.40. The second-order valence-electron chi connectivity index (χ2n) is 3.83. The van der Waals surface area contributed by atoms with Gasteiger partial charge in [0.25, 0.3) is 0 Å². The van der Waals surface area contributed by atoms with Gasteiger partial charge in [0.15, 0.2) is 0 Å². The van der Waals surface area contributed by atoms with Crippen molar-refractivity contribution in [2.24, 2.45) is 0 Å². The van der Waals surface area contributed by atoms with Gasteiger partial charge >= 0.3 is 5.97 Å². The molecular formula is C10H18N2O4. The van der Waals surface area contributed by atoms with E-state index in [1.165, 1.54) is 7.11 Å². The largest absolute Gasteiger partial charge is 0.480 e. The van der Waals surface area contributed by atoms with Crippen molar-refractivity contribution in [3.05, 3.63) is 0 Å². The molecule has 1 aliphatic heterocycles. The van der Waals surface area contributed by atoms with Gasteiger partial charge in [0.05, 0.1) is 6.04 Å². The molecular weight excluding hydrogens is 212 g/mol. The zero-order chi connectivity index (χ0) is 12.0. The van der Waals surface area contributed by atoms with E-state index >= 15 is 0 Å². The molecule has 0 bridgehead atoms. The second kappa shape index (κ2) is 6.44. The Morgan fingerprint density at radius 3 is 2.88 bits per heavy atom. The number of methoxy groups -OCH3 is 1. The number of carboxylic acids is 1. The normalized spacial score (nSPS) is 21.7. The van der Waals surface area contributed by atoms with Crippen molar-refractivity contribution in [2.75, 3.05) is 20.3 Å². The summed E-state index contributed by atoms with van der Waals surface area (Å²) in [5.41, 5.74) is 0. The van der Waals surface area contributed by atoms with Crippen molar-refractivity contribution in [3.8, 4) is 0 Å². The summed E-state index contributed by atoms with van der Waals surface area (Å²) in [6.07, 6.45) is 2.00. The number of carboxylic acid groups (broad SMARTS) is 1. The van der Waals surface area contributed by atoms with E-state index in [9.17, 15) is 9.59 Å². The molecule has 2 unspecified atom stereocenters. The first-order chi connectivity index (χ1) is 7.65. The van der Waals surface area contributed by atoms with E-state index in [1.54, 1.807) is 0 Å². The molecule has 1 saturated heterocycles. The lowest BCUT2D eigenvalue weighted by molar-refractivity contribution is -0.142. The average Bonchev–Trinajstić information content (AvgIpc) is 2.76. The molecule has 0 aromatic rings. The van der Waals surface area contributed by atoms with Gasteiger partial charge in [-0.2, -0.15) is 0 Å². The highest BCUT2D eigenvalue weighted by molar-refractivity contribution is 5.87. The number of hydrogen-bond acceptors (Lipinski definition) is 4. The van der Waals surface area contributed by atoms with E-state index in [2.05, 4.69) is 10.6 Å². The monoisotopic (exact) mass is 230 g/mol. The van der Waals surface area contributed by atoms with Gasteiger partial charge in [-0.15, -0.1) is 0 Å². The molecule has 0 saturated carbocycles. The fourth-order valence-electron chi connectivity index (χ4n) is 1.67. The fraction of sp³-hybridized carbons (Fsp3) is 0.800. The summed E-state index contributed by atoms with van der Waals surface area (Å²) < 4.78 is 4.80. The molecule has 6 heteroatoms. The summed E-state index contributed by atoms with van der Waals surface area (Å²) in [5.74, 6) is -1.26. The maximum Gasteiger partial charge on any atom is 0.326 e. The number of ether oxygens (including phenoxy) is 1. The topological polar surface area (TPSA) is 87.7 Å². The molecule has 1 fully saturated rings. The van der Waals surface area contributed by atoms with Crippen LogP contribution in [-0.4, -0.2) is 49.3 Å². The molecule has 0 radical (unpaired) electrons. The van der Waals surface area contributed by atoms with E-state index in [0.29, 0.717) is 6.61 Å². The molecule has 3 N–H and O–H groups in total. The Morgan fingerprint density at radius 2 is 2.38 bits per heavy atom. The van der Waals surface area contributed by atoms with E-state index in [1.807, 2.05) is 0 Å². The van der Waals surface area contributed by atoms with Crippen LogP contribution >= 0.6 is 0 Å². The molecule has 1 amide bonds. The second-order valence-corrected chi connectivity index (χ2v) is 3.83. The Hall–Kier alpha value is -1.14. The maximum absolute atomic E-state index is 11.6. The molecule has 2 atom stereocenters. The first-order valence-electron chi connectivity index (χ1n) is 5.40. The minimum atomic E-state index is -1.02. The van der Waals surface area contributed by atoms with Crippen LogP contribution in [0.5, 0.6) is 0 Å². The molecule has 92 valence electrons. The number of carbonyl (C=O) groups is 2. The molecule has 16 heavy (non-hydrogen) atoms. The molecule has 6 nitrogen and oxygen atoms in total. The van der Waals surface area contributed by atoms with E-state index in [4.69, 9.17) is 9.84 Å². The molecule has 0 spiro atoms. The number of nitrogens with one attached hydrogen (secondary N) is 2. The van der Waals surface area contributed by atoms with Crippen LogP contribution in [0.15, 0.2) is 0 Å². The summed E-state index contributed by atoms with van der Waals surface area (Å²) in [6, 6.07) is -1.11. The maximum atomic E-state index is 11.6. The summed E-state index contributed by atoms with van der Waals surface area (Å²) in [4.78, 5) is 22.5. The van der Waals surface area contributed by atoms with Crippen LogP contribution in [-0.2, 0) is 14.3 Å². The van der Waals surface area contributed by atoms with Crippen molar-refractivity contribution in [1.29, 1.82) is 0 Å². The summed E-state index contributed by atoms with van der Waals surface area (Å²) in [5, 5.41) is 14.4. The lowest BCUT2D eigenvalue weighted by Crippen LogP contribution is -2.48. The number of amides is 1. The van der Waals surface area contributed by atoms with Crippen LogP contribution in [0.4, 0.5) is 0 Å². The van der Waals surface area contributed by atoms with Crippen molar-refractivity contribution in [2.45, 2.75) is 31.3 Å². The molecule has 0 aliphatic carbocycles. The van der Waals surface area contributed by atoms with Crippen LogP contribution in [0.1, 0.15) is 19.3 Å². The molecule has 1 heterocycles. The Labute approximate surface area is 94.3 Å². The van der Waals surface area contributed by atoms with Crippen LogP contribution in [0.25, 0.3) is 0 Å². The average molecular weight is 230 g/mol. The van der Waals surface area contributed by atoms with E-state index < -0.39 is 12.0 Å². The predicted octanol–water partition coefficient (Wildman–Crippen LogP) is -0.656. The molecule has 0 aromatic heterocycles. The lowest BCUT2D eigenvalue weighted by atomic mass is 10.1. The summed E-state index contributed by atoms with van der Waals surface area (Å²) in [7, 11) is 1.50. The van der Waals surface area contributed by atoms with Crippen molar-refractivity contribution in [1.82, 2.24) is 10.6 Å². The summed E-state index contributed by atoms with van der Waals surface area (Å²) >= 11 is 0. The Morgan fingerprint density at radius 1 is 1.62 bits per heavy atom. The van der Waals surface area contributed by atoms with Gasteiger partial charge in [0.1, 0.15) is 6.04 Å². The van der Waals surface area contributed by atoms with Gasteiger partial charge in [-0.3, -0.25) is 4.79 Å². The SMILES string of the molecule is COCCC(NC(=O)C1CCCN1)C(=O)O. The Bertz CT molecular complexity index is 251. The molecule has 1 aliphatic rings. The third-order valence-electron chi connectivity index (χ3n) is 2.60. The predicted molar refractivity (Wildman–Crippen MR) is 57.1 cm³/mol.